The molecule has 4 fully saturated rings. The first-order valence-electron chi connectivity index (χ1n) is 6.66. The smallest absolute Gasteiger partial charge is 0.333 e. The molecule has 4 bridgehead atoms. The van der Waals surface area contributed by atoms with Crippen molar-refractivity contribution in [3.05, 3.63) is 11.6 Å². The van der Waals surface area contributed by atoms with Crippen LogP contribution in [-0.2, 0) is 4.79 Å². The maximum absolute atomic E-state index is 11.0. The molecule has 2 N–H and O–H groups in total. The van der Waals surface area contributed by atoms with Crippen molar-refractivity contribution in [3.8, 4) is 0 Å². The van der Waals surface area contributed by atoms with E-state index in [0.29, 0.717) is 0 Å². The monoisotopic (exact) mass is 236 g/mol. The Morgan fingerprint density at radius 1 is 1.12 bits per heavy atom. The van der Waals surface area contributed by atoms with E-state index in [0.717, 1.165) is 37.0 Å². The lowest BCUT2D eigenvalue weighted by Gasteiger charge is -2.56. The van der Waals surface area contributed by atoms with Gasteiger partial charge >= 0.3 is 5.97 Å². The van der Waals surface area contributed by atoms with Gasteiger partial charge in [-0.15, -0.1) is 0 Å². The van der Waals surface area contributed by atoms with Gasteiger partial charge in [0.1, 0.15) is 0 Å². The molecule has 4 saturated carbocycles. The standard InChI is InChI=1S/C14H20O3/c15-8-12(13(16)17)7-14-4-9-1-10(5-14)3-11(2-9)6-14/h7,9-11,15H,1-6,8H2,(H,16,17). The predicted molar refractivity (Wildman–Crippen MR) is 63.4 cm³/mol. The molecule has 0 aromatic heterocycles. The predicted octanol–water partition coefficient (Wildman–Crippen LogP) is 2.21. The number of aliphatic hydroxyl groups is 1. The van der Waals surface area contributed by atoms with Gasteiger partial charge in [0.2, 0.25) is 0 Å². The van der Waals surface area contributed by atoms with Gasteiger partial charge in [-0.3, -0.25) is 0 Å². The Morgan fingerprint density at radius 3 is 1.94 bits per heavy atom. The number of aliphatic carboxylic acids is 1. The number of rotatable bonds is 3. The molecule has 0 aromatic rings. The van der Waals surface area contributed by atoms with Gasteiger partial charge in [0, 0.05) is 0 Å². The van der Waals surface area contributed by atoms with E-state index in [9.17, 15) is 4.79 Å². The van der Waals surface area contributed by atoms with Crippen LogP contribution < -0.4 is 0 Å². The molecule has 0 unspecified atom stereocenters. The zero-order valence-electron chi connectivity index (χ0n) is 10.1. The number of carbonyl (C=O) groups is 1. The van der Waals surface area contributed by atoms with Crippen LogP contribution in [0.1, 0.15) is 38.5 Å². The van der Waals surface area contributed by atoms with Gasteiger partial charge in [0.05, 0.1) is 12.2 Å². The van der Waals surface area contributed by atoms with Gasteiger partial charge in [-0.2, -0.15) is 0 Å². The van der Waals surface area contributed by atoms with E-state index in [1.807, 2.05) is 6.08 Å². The number of hydrogen-bond acceptors (Lipinski definition) is 2. The third kappa shape index (κ3) is 1.90. The molecule has 0 aliphatic heterocycles. The van der Waals surface area contributed by atoms with E-state index in [1.54, 1.807) is 0 Å². The first kappa shape index (κ1) is 11.3. The van der Waals surface area contributed by atoms with Crippen molar-refractivity contribution in [1.29, 1.82) is 0 Å². The lowest BCUT2D eigenvalue weighted by molar-refractivity contribution is -0.133. The van der Waals surface area contributed by atoms with Gasteiger partial charge in [-0.05, 0) is 61.7 Å². The number of carboxylic acid groups (broad SMARTS) is 1. The summed E-state index contributed by atoms with van der Waals surface area (Å²) in [6.45, 7) is -0.336. The highest BCUT2D eigenvalue weighted by atomic mass is 16.4. The van der Waals surface area contributed by atoms with Gasteiger partial charge in [-0.1, -0.05) is 6.08 Å². The minimum atomic E-state index is -0.955. The lowest BCUT2D eigenvalue weighted by Crippen LogP contribution is -2.45. The molecule has 0 radical (unpaired) electrons. The van der Waals surface area contributed by atoms with Crippen molar-refractivity contribution in [3.63, 3.8) is 0 Å². The summed E-state index contributed by atoms with van der Waals surface area (Å²) in [6, 6.07) is 0. The van der Waals surface area contributed by atoms with E-state index in [4.69, 9.17) is 10.2 Å². The van der Waals surface area contributed by atoms with E-state index in [2.05, 4.69) is 0 Å². The third-order valence-electron chi connectivity index (χ3n) is 5.01. The molecule has 3 nitrogen and oxygen atoms in total. The first-order chi connectivity index (χ1) is 8.10. The van der Waals surface area contributed by atoms with Gasteiger partial charge in [0.15, 0.2) is 0 Å². The summed E-state index contributed by atoms with van der Waals surface area (Å²) in [6.07, 6.45) is 9.42. The maximum atomic E-state index is 11.0. The summed E-state index contributed by atoms with van der Waals surface area (Å²) < 4.78 is 0. The van der Waals surface area contributed by atoms with Gasteiger partial charge in [0.25, 0.3) is 0 Å². The van der Waals surface area contributed by atoms with Crippen LogP contribution in [0, 0.1) is 23.2 Å². The van der Waals surface area contributed by atoms with Crippen molar-refractivity contribution in [2.24, 2.45) is 23.2 Å². The second-order valence-electron chi connectivity index (χ2n) is 6.41. The highest BCUT2D eigenvalue weighted by Crippen LogP contribution is 2.60. The van der Waals surface area contributed by atoms with Crippen LogP contribution in [0.4, 0.5) is 0 Å². The number of hydrogen-bond donors (Lipinski definition) is 2. The molecular formula is C14H20O3. The SMILES string of the molecule is O=C(O)C(=CC12CC3CC(CC(C3)C1)C2)CO. The molecule has 0 saturated heterocycles. The molecule has 17 heavy (non-hydrogen) atoms. The maximum Gasteiger partial charge on any atom is 0.333 e. The van der Waals surface area contributed by atoms with E-state index < -0.39 is 5.97 Å². The number of carboxylic acids is 1. The van der Waals surface area contributed by atoms with E-state index >= 15 is 0 Å². The molecule has 4 aliphatic carbocycles. The highest BCUT2D eigenvalue weighted by Gasteiger charge is 2.50. The minimum absolute atomic E-state index is 0.102. The zero-order chi connectivity index (χ0) is 12.0. The third-order valence-corrected chi connectivity index (χ3v) is 5.01. The molecule has 94 valence electrons. The van der Waals surface area contributed by atoms with Crippen molar-refractivity contribution in [1.82, 2.24) is 0 Å². The summed E-state index contributed by atoms with van der Waals surface area (Å²) in [4.78, 5) is 11.0. The lowest BCUT2D eigenvalue weighted by atomic mass is 9.49. The van der Waals surface area contributed by atoms with Crippen molar-refractivity contribution < 1.29 is 15.0 Å². The van der Waals surface area contributed by atoms with E-state index in [1.165, 1.54) is 19.3 Å². The molecule has 4 rings (SSSR count). The Balaban J connectivity index is 1.89. The van der Waals surface area contributed by atoms with Crippen LogP contribution in [0.2, 0.25) is 0 Å². The highest BCUT2D eigenvalue weighted by molar-refractivity contribution is 5.86. The van der Waals surface area contributed by atoms with E-state index in [-0.39, 0.29) is 17.6 Å². The van der Waals surface area contributed by atoms with Crippen LogP contribution in [0.5, 0.6) is 0 Å². The Morgan fingerprint density at radius 2 is 1.59 bits per heavy atom. The molecule has 0 atom stereocenters. The van der Waals surface area contributed by atoms with Crippen LogP contribution in [-0.4, -0.2) is 22.8 Å². The summed E-state index contributed by atoms with van der Waals surface area (Å²) >= 11 is 0. The van der Waals surface area contributed by atoms with Gasteiger partial charge in [-0.25, -0.2) is 4.79 Å². The van der Waals surface area contributed by atoms with Crippen molar-refractivity contribution in [2.75, 3.05) is 6.61 Å². The van der Waals surface area contributed by atoms with Crippen LogP contribution in [0.15, 0.2) is 11.6 Å². The summed E-state index contributed by atoms with van der Waals surface area (Å²) in [5, 5.41) is 18.2. The molecular weight excluding hydrogens is 216 g/mol. The summed E-state index contributed by atoms with van der Waals surface area (Å²) in [7, 11) is 0. The van der Waals surface area contributed by atoms with Crippen LogP contribution >= 0.6 is 0 Å². The van der Waals surface area contributed by atoms with Crippen LogP contribution in [0.3, 0.4) is 0 Å². The van der Waals surface area contributed by atoms with Crippen molar-refractivity contribution >= 4 is 5.97 Å². The Kier molecular flexibility index (Phi) is 2.54. The number of aliphatic hydroxyl groups excluding tert-OH is 1. The van der Waals surface area contributed by atoms with Gasteiger partial charge < -0.3 is 10.2 Å². The second-order valence-corrected chi connectivity index (χ2v) is 6.41. The topological polar surface area (TPSA) is 57.5 Å². The molecule has 0 aromatic carbocycles. The normalized spacial score (nSPS) is 44.1. The minimum Gasteiger partial charge on any atom is -0.478 e. The largest absolute Gasteiger partial charge is 0.478 e. The molecule has 4 aliphatic rings. The quantitative estimate of drug-likeness (QED) is 0.739. The van der Waals surface area contributed by atoms with Crippen LogP contribution in [0.25, 0.3) is 0 Å². The fourth-order valence-electron chi connectivity index (χ4n) is 4.90. The first-order valence-corrected chi connectivity index (χ1v) is 6.66. The Labute approximate surface area is 102 Å². The fraction of sp³-hybridized carbons (Fsp3) is 0.786. The average molecular weight is 236 g/mol. The molecule has 0 amide bonds. The number of allylic oxidation sites excluding steroid dienone is 1. The Bertz CT molecular complexity index is 334. The second kappa shape index (κ2) is 3.84. The summed E-state index contributed by atoms with van der Waals surface area (Å²) in [5.74, 6) is 1.48. The fourth-order valence-corrected chi connectivity index (χ4v) is 4.90. The zero-order valence-corrected chi connectivity index (χ0v) is 10.1. The summed E-state index contributed by atoms with van der Waals surface area (Å²) in [5.41, 5.74) is 0.303. The Hall–Kier alpha value is -0.830. The molecule has 0 spiro atoms. The molecule has 3 heteroatoms. The molecule has 0 heterocycles. The van der Waals surface area contributed by atoms with Crippen molar-refractivity contribution in [2.45, 2.75) is 38.5 Å². The average Bonchev–Trinajstić information content (AvgIpc) is 2.23.